The Kier molecular flexibility index (Phi) is 5.98. The Hall–Kier alpha value is -1.20. The predicted octanol–water partition coefficient (Wildman–Crippen LogP) is 4.06. The van der Waals surface area contributed by atoms with Crippen LogP contribution in [-0.2, 0) is 0 Å². The van der Waals surface area contributed by atoms with Crippen molar-refractivity contribution in [1.82, 2.24) is 9.80 Å². The van der Waals surface area contributed by atoms with E-state index in [0.29, 0.717) is 40.2 Å². The van der Waals surface area contributed by atoms with Crippen molar-refractivity contribution in [3.63, 3.8) is 0 Å². The lowest BCUT2D eigenvalue weighted by Crippen LogP contribution is -2.47. The summed E-state index contributed by atoms with van der Waals surface area (Å²) < 4.78 is 5.70. The van der Waals surface area contributed by atoms with Crippen LogP contribution in [0.25, 0.3) is 11.3 Å². The van der Waals surface area contributed by atoms with E-state index in [9.17, 15) is 4.79 Å². The second-order valence-electron chi connectivity index (χ2n) is 5.38. The van der Waals surface area contributed by atoms with Gasteiger partial charge in [0.1, 0.15) is 5.76 Å². The van der Waals surface area contributed by atoms with Crippen LogP contribution in [0, 0.1) is 0 Å². The molecule has 23 heavy (non-hydrogen) atoms. The highest BCUT2D eigenvalue weighted by Crippen LogP contribution is 2.32. The van der Waals surface area contributed by atoms with E-state index in [0.717, 1.165) is 13.1 Å². The molecule has 1 fully saturated rings. The van der Waals surface area contributed by atoms with Gasteiger partial charge in [-0.25, -0.2) is 0 Å². The highest BCUT2D eigenvalue weighted by Gasteiger charge is 2.23. The van der Waals surface area contributed by atoms with Crippen molar-refractivity contribution in [2.75, 3.05) is 33.2 Å². The third-order valence-electron chi connectivity index (χ3n) is 3.80. The Balaban J connectivity index is 0.00000192. The molecule has 0 N–H and O–H groups in total. The van der Waals surface area contributed by atoms with Gasteiger partial charge in [-0.2, -0.15) is 0 Å². The summed E-state index contributed by atoms with van der Waals surface area (Å²) in [5.74, 6) is 0.790. The summed E-state index contributed by atoms with van der Waals surface area (Å²) in [7, 11) is 2.05. The molecule has 1 amide bonds. The number of hydrogen-bond acceptors (Lipinski definition) is 3. The number of likely N-dealkylation sites (N-methyl/N-ethyl adjacent to an activating group) is 1. The molecule has 2 aromatic rings. The third kappa shape index (κ3) is 4.01. The van der Waals surface area contributed by atoms with Gasteiger partial charge in [0.2, 0.25) is 0 Å². The lowest BCUT2D eigenvalue weighted by atomic mass is 10.2. The Morgan fingerprint density at radius 2 is 1.78 bits per heavy atom. The van der Waals surface area contributed by atoms with Crippen molar-refractivity contribution in [2.45, 2.75) is 0 Å². The highest BCUT2D eigenvalue weighted by atomic mass is 35.5. The zero-order valence-corrected chi connectivity index (χ0v) is 14.9. The molecule has 0 atom stereocenters. The van der Waals surface area contributed by atoms with E-state index in [1.54, 1.807) is 30.3 Å². The zero-order valence-electron chi connectivity index (χ0n) is 12.6. The summed E-state index contributed by atoms with van der Waals surface area (Å²) in [6.45, 7) is 3.17. The topological polar surface area (TPSA) is 36.7 Å². The summed E-state index contributed by atoms with van der Waals surface area (Å²) in [6.07, 6.45) is 0. The van der Waals surface area contributed by atoms with Crippen LogP contribution in [0.15, 0.2) is 34.7 Å². The molecule has 1 aromatic heterocycles. The third-order valence-corrected chi connectivity index (χ3v) is 4.37. The number of furan rings is 1. The normalized spacial score (nSPS) is 15.3. The Labute approximate surface area is 151 Å². The molecule has 0 bridgehead atoms. The van der Waals surface area contributed by atoms with Crippen LogP contribution in [0.3, 0.4) is 0 Å². The minimum atomic E-state index is -0.0856. The Morgan fingerprint density at radius 3 is 2.48 bits per heavy atom. The van der Waals surface area contributed by atoms with Crippen LogP contribution in [0.2, 0.25) is 10.0 Å². The van der Waals surface area contributed by atoms with Crippen LogP contribution in [0.4, 0.5) is 0 Å². The van der Waals surface area contributed by atoms with Gasteiger partial charge in [0, 0.05) is 36.8 Å². The van der Waals surface area contributed by atoms with E-state index >= 15 is 0 Å². The van der Waals surface area contributed by atoms with Gasteiger partial charge in [-0.05, 0) is 37.4 Å². The summed E-state index contributed by atoms with van der Waals surface area (Å²) in [5, 5.41) is 1.11. The van der Waals surface area contributed by atoms with Crippen LogP contribution >= 0.6 is 35.6 Å². The van der Waals surface area contributed by atoms with Gasteiger partial charge in [-0.1, -0.05) is 23.2 Å². The van der Waals surface area contributed by atoms with Gasteiger partial charge < -0.3 is 14.2 Å². The molecule has 1 aliphatic heterocycles. The SMILES string of the molecule is CN1CCN(C(=O)c2ccc(-c3cc(Cl)ccc3Cl)o2)CC1.Cl. The fourth-order valence-electron chi connectivity index (χ4n) is 2.45. The minimum Gasteiger partial charge on any atom is -0.451 e. The fraction of sp³-hybridized carbons (Fsp3) is 0.312. The molecule has 1 aromatic carbocycles. The largest absolute Gasteiger partial charge is 0.451 e. The first-order valence-electron chi connectivity index (χ1n) is 7.07. The molecule has 4 nitrogen and oxygen atoms in total. The molecule has 0 radical (unpaired) electrons. The van der Waals surface area contributed by atoms with Crippen molar-refractivity contribution in [2.24, 2.45) is 0 Å². The molecule has 0 spiro atoms. The van der Waals surface area contributed by atoms with Crippen LogP contribution in [0.5, 0.6) is 0 Å². The monoisotopic (exact) mass is 374 g/mol. The van der Waals surface area contributed by atoms with Gasteiger partial charge in [-0.15, -0.1) is 12.4 Å². The number of carbonyl (C=O) groups excluding carboxylic acids is 1. The van der Waals surface area contributed by atoms with Crippen molar-refractivity contribution >= 4 is 41.5 Å². The highest BCUT2D eigenvalue weighted by molar-refractivity contribution is 6.35. The minimum absolute atomic E-state index is 0. The van der Waals surface area contributed by atoms with E-state index in [4.69, 9.17) is 27.6 Å². The standard InChI is InChI=1S/C16H16Cl2N2O2.ClH/c1-19-6-8-20(9-7-19)16(21)15-5-4-14(22-15)12-10-11(17)2-3-13(12)18;/h2-5,10H,6-9H2,1H3;1H. The molecule has 2 heterocycles. The maximum absolute atomic E-state index is 12.5. The predicted molar refractivity (Wildman–Crippen MR) is 94.8 cm³/mol. The van der Waals surface area contributed by atoms with Gasteiger partial charge >= 0.3 is 0 Å². The van der Waals surface area contributed by atoms with E-state index in [-0.39, 0.29) is 18.3 Å². The van der Waals surface area contributed by atoms with Crippen molar-refractivity contribution in [1.29, 1.82) is 0 Å². The Morgan fingerprint density at radius 1 is 1.09 bits per heavy atom. The zero-order chi connectivity index (χ0) is 15.7. The maximum Gasteiger partial charge on any atom is 0.289 e. The number of carbonyl (C=O) groups is 1. The molecule has 0 saturated carbocycles. The van der Waals surface area contributed by atoms with E-state index in [1.165, 1.54) is 0 Å². The molecule has 3 rings (SSSR count). The van der Waals surface area contributed by atoms with Gasteiger partial charge in [0.15, 0.2) is 5.76 Å². The lowest BCUT2D eigenvalue weighted by Gasteiger charge is -2.31. The quantitative estimate of drug-likeness (QED) is 0.794. The van der Waals surface area contributed by atoms with Gasteiger partial charge in [0.05, 0.1) is 5.02 Å². The average molecular weight is 376 g/mol. The van der Waals surface area contributed by atoms with Gasteiger partial charge in [0.25, 0.3) is 5.91 Å². The molecular formula is C16H17Cl3N2O2. The Bertz CT molecular complexity index is 694. The number of benzene rings is 1. The van der Waals surface area contributed by atoms with Crippen LogP contribution < -0.4 is 0 Å². The van der Waals surface area contributed by atoms with Crippen LogP contribution in [-0.4, -0.2) is 48.9 Å². The second kappa shape index (κ2) is 7.58. The van der Waals surface area contributed by atoms with Crippen molar-refractivity contribution in [3.8, 4) is 11.3 Å². The number of piperazine rings is 1. The molecule has 0 unspecified atom stereocenters. The van der Waals surface area contributed by atoms with Crippen molar-refractivity contribution < 1.29 is 9.21 Å². The number of nitrogens with zero attached hydrogens (tertiary/aromatic N) is 2. The summed E-state index contributed by atoms with van der Waals surface area (Å²) in [6, 6.07) is 8.59. The van der Waals surface area contributed by atoms with Crippen LogP contribution in [0.1, 0.15) is 10.6 Å². The first-order valence-corrected chi connectivity index (χ1v) is 7.83. The number of hydrogen-bond donors (Lipinski definition) is 0. The molecule has 1 saturated heterocycles. The van der Waals surface area contributed by atoms with E-state index in [1.807, 2.05) is 11.9 Å². The molecule has 124 valence electrons. The molecular weight excluding hydrogens is 359 g/mol. The number of amides is 1. The lowest BCUT2D eigenvalue weighted by molar-refractivity contribution is 0.0633. The number of rotatable bonds is 2. The first kappa shape index (κ1) is 18.1. The van der Waals surface area contributed by atoms with E-state index in [2.05, 4.69) is 4.90 Å². The fourth-order valence-corrected chi connectivity index (χ4v) is 2.83. The molecule has 7 heteroatoms. The van der Waals surface area contributed by atoms with E-state index < -0.39 is 0 Å². The summed E-state index contributed by atoms with van der Waals surface area (Å²) >= 11 is 12.2. The second-order valence-corrected chi connectivity index (χ2v) is 6.23. The van der Waals surface area contributed by atoms with Crippen molar-refractivity contribution in [3.05, 3.63) is 46.1 Å². The smallest absolute Gasteiger partial charge is 0.289 e. The first-order chi connectivity index (χ1) is 10.5. The summed E-state index contributed by atoms with van der Waals surface area (Å²) in [4.78, 5) is 16.5. The maximum atomic E-state index is 12.5. The van der Waals surface area contributed by atoms with Gasteiger partial charge in [-0.3, -0.25) is 4.79 Å². The molecule has 1 aliphatic rings. The molecule has 0 aliphatic carbocycles. The number of halogens is 3. The summed E-state index contributed by atoms with van der Waals surface area (Å²) in [5.41, 5.74) is 0.687. The average Bonchev–Trinajstić information content (AvgIpc) is 2.99.